The number of carbonyl (C=O) groups is 1. The molecule has 1 amide bonds. The second kappa shape index (κ2) is 6.75. The molecule has 0 heterocycles. The van der Waals surface area contributed by atoms with Crippen molar-refractivity contribution in [1.29, 1.82) is 0 Å². The van der Waals surface area contributed by atoms with Crippen LogP contribution in [0.15, 0.2) is 36.4 Å². The molecule has 0 aromatic heterocycles. The Labute approximate surface area is 132 Å². The zero-order valence-corrected chi connectivity index (χ0v) is 12.8. The van der Waals surface area contributed by atoms with Crippen molar-refractivity contribution in [2.24, 2.45) is 0 Å². The van der Waals surface area contributed by atoms with Gasteiger partial charge in [0.15, 0.2) is 0 Å². The van der Waals surface area contributed by atoms with Crippen LogP contribution in [0.5, 0.6) is 5.75 Å². The van der Waals surface area contributed by atoms with E-state index in [0.717, 1.165) is 18.2 Å². The smallest absolute Gasteiger partial charge is 0.254 e. The normalized spacial score (nSPS) is 10.4. The Balaban J connectivity index is 2.23. The lowest BCUT2D eigenvalue weighted by Gasteiger charge is -2.19. The Morgan fingerprint density at radius 2 is 1.82 bits per heavy atom. The van der Waals surface area contributed by atoms with Crippen molar-refractivity contribution in [2.45, 2.75) is 6.54 Å². The van der Waals surface area contributed by atoms with Gasteiger partial charge in [-0.2, -0.15) is 0 Å². The maximum Gasteiger partial charge on any atom is 0.254 e. The van der Waals surface area contributed by atoms with Gasteiger partial charge >= 0.3 is 0 Å². The van der Waals surface area contributed by atoms with Gasteiger partial charge in [0.2, 0.25) is 0 Å². The molecule has 0 aliphatic carbocycles. The predicted octanol–water partition coefficient (Wildman–Crippen LogP) is 3.90. The zero-order chi connectivity index (χ0) is 16.3. The molecule has 116 valence electrons. The van der Waals surface area contributed by atoms with E-state index in [1.165, 1.54) is 19.1 Å². The second-order valence-electron chi connectivity index (χ2n) is 4.78. The van der Waals surface area contributed by atoms with Crippen molar-refractivity contribution < 1.29 is 18.3 Å². The summed E-state index contributed by atoms with van der Waals surface area (Å²) < 4.78 is 31.6. The first-order valence-electron chi connectivity index (χ1n) is 6.44. The molecule has 2 aromatic rings. The Hall–Kier alpha value is -2.14. The third kappa shape index (κ3) is 3.74. The van der Waals surface area contributed by atoms with Crippen molar-refractivity contribution in [3.8, 4) is 5.75 Å². The molecule has 22 heavy (non-hydrogen) atoms. The quantitative estimate of drug-likeness (QED) is 0.853. The average Bonchev–Trinajstić information content (AvgIpc) is 2.45. The molecule has 0 saturated heterocycles. The topological polar surface area (TPSA) is 29.5 Å². The second-order valence-corrected chi connectivity index (χ2v) is 5.21. The molecule has 0 aliphatic heterocycles. The number of amides is 1. The minimum Gasteiger partial charge on any atom is -0.496 e. The highest BCUT2D eigenvalue weighted by molar-refractivity contribution is 6.30. The summed E-state index contributed by atoms with van der Waals surface area (Å²) in [5.74, 6) is -1.51. The van der Waals surface area contributed by atoms with E-state index in [4.69, 9.17) is 16.3 Å². The molecule has 0 radical (unpaired) electrons. The number of benzene rings is 2. The number of nitrogens with zero attached hydrogens (tertiary/aromatic N) is 1. The van der Waals surface area contributed by atoms with E-state index < -0.39 is 17.5 Å². The van der Waals surface area contributed by atoms with E-state index in [2.05, 4.69) is 0 Å². The minimum atomic E-state index is -0.794. The van der Waals surface area contributed by atoms with Crippen LogP contribution in [-0.4, -0.2) is 25.0 Å². The molecule has 2 aromatic carbocycles. The van der Waals surface area contributed by atoms with Gasteiger partial charge in [0, 0.05) is 35.8 Å². The monoisotopic (exact) mass is 325 g/mol. The summed E-state index contributed by atoms with van der Waals surface area (Å²) in [6, 6.07) is 7.76. The van der Waals surface area contributed by atoms with Crippen molar-refractivity contribution in [1.82, 2.24) is 4.90 Å². The Kier molecular flexibility index (Phi) is 4.98. The summed E-state index contributed by atoms with van der Waals surface area (Å²) in [5.41, 5.74) is 0.642. The van der Waals surface area contributed by atoms with Crippen molar-refractivity contribution >= 4 is 17.5 Å². The summed E-state index contributed by atoms with van der Waals surface area (Å²) in [5, 5.41) is 0.508. The van der Waals surface area contributed by atoms with E-state index >= 15 is 0 Å². The van der Waals surface area contributed by atoms with Crippen LogP contribution in [0, 0.1) is 11.6 Å². The van der Waals surface area contributed by atoms with Crippen LogP contribution in [0.1, 0.15) is 15.9 Å². The van der Waals surface area contributed by atoms with Crippen LogP contribution in [0.4, 0.5) is 8.78 Å². The maximum atomic E-state index is 13.2. The summed E-state index contributed by atoms with van der Waals surface area (Å²) in [4.78, 5) is 13.6. The highest BCUT2D eigenvalue weighted by Crippen LogP contribution is 2.24. The Bertz CT molecular complexity index is 686. The van der Waals surface area contributed by atoms with E-state index in [0.29, 0.717) is 16.3 Å². The predicted molar refractivity (Wildman–Crippen MR) is 80.2 cm³/mol. The molecule has 0 saturated carbocycles. The van der Waals surface area contributed by atoms with E-state index in [-0.39, 0.29) is 12.1 Å². The lowest BCUT2D eigenvalue weighted by Crippen LogP contribution is -2.26. The van der Waals surface area contributed by atoms with Crippen LogP contribution < -0.4 is 4.74 Å². The standard InChI is InChI=1S/C16H14ClF2NO2/c1-20(9-11-5-12(17)3-4-15(11)22-2)16(21)10-6-13(18)8-14(19)7-10/h3-8H,9H2,1-2H3. The number of methoxy groups -OCH3 is 1. The van der Waals surface area contributed by atoms with Crippen LogP contribution in [0.25, 0.3) is 0 Å². The summed E-state index contributed by atoms with van der Waals surface area (Å²) in [7, 11) is 3.04. The molecule has 6 heteroatoms. The van der Waals surface area contributed by atoms with Crippen LogP contribution in [0.3, 0.4) is 0 Å². The molecule has 0 bridgehead atoms. The fraction of sp³-hybridized carbons (Fsp3) is 0.188. The Morgan fingerprint density at radius 1 is 1.18 bits per heavy atom. The first-order chi connectivity index (χ1) is 10.4. The van der Waals surface area contributed by atoms with E-state index in [1.807, 2.05) is 0 Å². The molecule has 0 unspecified atom stereocenters. The van der Waals surface area contributed by atoms with Gasteiger partial charge in [-0.1, -0.05) is 11.6 Å². The van der Waals surface area contributed by atoms with Gasteiger partial charge in [0.25, 0.3) is 5.91 Å². The number of halogens is 3. The number of hydrogen-bond donors (Lipinski definition) is 0. The van der Waals surface area contributed by atoms with Crippen LogP contribution >= 0.6 is 11.6 Å². The first kappa shape index (κ1) is 16.2. The number of ether oxygens (including phenoxy) is 1. The lowest BCUT2D eigenvalue weighted by molar-refractivity contribution is 0.0783. The lowest BCUT2D eigenvalue weighted by atomic mass is 10.1. The molecule has 2 rings (SSSR count). The summed E-state index contributed by atoms with van der Waals surface area (Å²) >= 11 is 5.94. The van der Waals surface area contributed by atoms with Gasteiger partial charge in [-0.15, -0.1) is 0 Å². The minimum absolute atomic E-state index is 0.0546. The molecule has 0 spiro atoms. The first-order valence-corrected chi connectivity index (χ1v) is 6.82. The number of carbonyl (C=O) groups excluding carboxylic acids is 1. The zero-order valence-electron chi connectivity index (χ0n) is 12.1. The molecule has 3 nitrogen and oxygen atoms in total. The molecule has 0 atom stereocenters. The number of hydrogen-bond acceptors (Lipinski definition) is 2. The highest BCUT2D eigenvalue weighted by Gasteiger charge is 2.16. The summed E-state index contributed by atoms with van der Waals surface area (Å²) in [6.45, 7) is 0.195. The largest absolute Gasteiger partial charge is 0.496 e. The van der Waals surface area contributed by atoms with E-state index in [1.54, 1.807) is 18.2 Å². The SMILES string of the molecule is COc1ccc(Cl)cc1CN(C)C(=O)c1cc(F)cc(F)c1. The third-order valence-electron chi connectivity index (χ3n) is 3.11. The fourth-order valence-corrected chi connectivity index (χ4v) is 2.29. The Morgan fingerprint density at radius 3 is 2.41 bits per heavy atom. The van der Waals surface area contributed by atoms with Crippen LogP contribution in [0.2, 0.25) is 5.02 Å². The maximum absolute atomic E-state index is 13.2. The van der Waals surface area contributed by atoms with Crippen molar-refractivity contribution in [2.75, 3.05) is 14.2 Å². The van der Waals surface area contributed by atoms with E-state index in [9.17, 15) is 13.6 Å². The van der Waals surface area contributed by atoms with Crippen molar-refractivity contribution in [3.05, 3.63) is 64.2 Å². The molecular formula is C16H14ClF2NO2. The van der Waals surface area contributed by atoms with Gasteiger partial charge < -0.3 is 9.64 Å². The molecule has 0 N–H and O–H groups in total. The molecule has 0 fully saturated rings. The van der Waals surface area contributed by atoms with Gasteiger partial charge in [-0.05, 0) is 30.3 Å². The molecular weight excluding hydrogens is 312 g/mol. The summed E-state index contributed by atoms with van der Waals surface area (Å²) in [6.07, 6.45) is 0. The van der Waals surface area contributed by atoms with Gasteiger partial charge in [-0.25, -0.2) is 8.78 Å². The number of rotatable bonds is 4. The molecule has 0 aliphatic rings. The highest BCUT2D eigenvalue weighted by atomic mass is 35.5. The van der Waals surface area contributed by atoms with Crippen LogP contribution in [-0.2, 0) is 6.54 Å². The van der Waals surface area contributed by atoms with Gasteiger partial charge in [0.1, 0.15) is 17.4 Å². The van der Waals surface area contributed by atoms with Gasteiger partial charge in [0.05, 0.1) is 7.11 Å². The fourth-order valence-electron chi connectivity index (χ4n) is 2.10. The average molecular weight is 326 g/mol. The third-order valence-corrected chi connectivity index (χ3v) is 3.34. The van der Waals surface area contributed by atoms with Gasteiger partial charge in [-0.3, -0.25) is 4.79 Å². The van der Waals surface area contributed by atoms with Crippen molar-refractivity contribution in [3.63, 3.8) is 0 Å².